The van der Waals surface area contributed by atoms with Gasteiger partial charge in [-0.1, -0.05) is 19.1 Å². The fourth-order valence-corrected chi connectivity index (χ4v) is 3.09. The van der Waals surface area contributed by atoms with Gasteiger partial charge >= 0.3 is 0 Å². The lowest BCUT2D eigenvalue weighted by atomic mass is 10.1. The van der Waals surface area contributed by atoms with Gasteiger partial charge in [0.1, 0.15) is 12.4 Å². The number of hydrogen-bond donors (Lipinski definition) is 1. The predicted molar refractivity (Wildman–Crippen MR) is 83.5 cm³/mol. The largest absolute Gasteiger partial charge is 0.487 e. The van der Waals surface area contributed by atoms with E-state index in [1.807, 2.05) is 18.8 Å². The normalized spacial score (nSPS) is 17.0. The minimum Gasteiger partial charge on any atom is -0.487 e. The molecule has 0 saturated heterocycles. The van der Waals surface area contributed by atoms with Gasteiger partial charge in [0.25, 0.3) is 0 Å². The Bertz CT molecular complexity index is 633. The molecule has 1 unspecified atom stereocenters. The molecule has 1 aromatic carbocycles. The highest BCUT2D eigenvalue weighted by Gasteiger charge is 2.23. The van der Waals surface area contributed by atoms with Crippen LogP contribution in [0.15, 0.2) is 24.3 Å². The van der Waals surface area contributed by atoms with Crippen LogP contribution in [0, 0.1) is 0 Å². The van der Waals surface area contributed by atoms with Crippen LogP contribution in [-0.4, -0.2) is 16.8 Å². The maximum Gasteiger partial charge on any atom is 0.130 e. The zero-order valence-corrected chi connectivity index (χ0v) is 13.0. The molecule has 0 saturated carbocycles. The molecule has 3 rings (SSSR count). The summed E-state index contributed by atoms with van der Waals surface area (Å²) in [6.45, 7) is 2.69. The van der Waals surface area contributed by atoms with Gasteiger partial charge in [0.15, 0.2) is 0 Å². The molecule has 112 valence electrons. The van der Waals surface area contributed by atoms with Gasteiger partial charge in [-0.2, -0.15) is 5.10 Å². The molecule has 0 aliphatic heterocycles. The number of nitrogens with zero attached hydrogens (tertiary/aromatic N) is 2. The molecule has 21 heavy (non-hydrogen) atoms. The van der Waals surface area contributed by atoms with Gasteiger partial charge < -0.3 is 10.1 Å². The molecule has 2 aromatic rings. The van der Waals surface area contributed by atoms with E-state index in [1.165, 1.54) is 11.1 Å². The minimum atomic E-state index is 0.465. The third kappa shape index (κ3) is 2.68. The maximum atomic E-state index is 6.08. The molecule has 1 aliphatic rings. The molecule has 0 bridgehead atoms. The molecular formula is C17H23N3O. The first-order valence-corrected chi connectivity index (χ1v) is 7.66. The summed E-state index contributed by atoms with van der Waals surface area (Å²) in [4.78, 5) is 0. The summed E-state index contributed by atoms with van der Waals surface area (Å²) in [5.74, 6) is 1.02. The van der Waals surface area contributed by atoms with Crippen molar-refractivity contribution in [1.29, 1.82) is 0 Å². The smallest absolute Gasteiger partial charge is 0.130 e. The second kappa shape index (κ2) is 5.90. The van der Waals surface area contributed by atoms with Gasteiger partial charge in [0, 0.05) is 13.1 Å². The molecular weight excluding hydrogens is 262 g/mol. The summed E-state index contributed by atoms with van der Waals surface area (Å²) in [7, 11) is 4.00. The Morgan fingerprint density at radius 3 is 3.00 bits per heavy atom. The molecule has 0 amide bonds. The van der Waals surface area contributed by atoms with Crippen molar-refractivity contribution in [3.8, 4) is 5.75 Å². The van der Waals surface area contributed by atoms with Crippen LogP contribution in [0.1, 0.15) is 41.9 Å². The van der Waals surface area contributed by atoms with Crippen LogP contribution in [0.3, 0.4) is 0 Å². The number of fused-ring (bicyclic) bond motifs is 1. The Morgan fingerprint density at radius 1 is 1.43 bits per heavy atom. The monoisotopic (exact) mass is 285 g/mol. The summed E-state index contributed by atoms with van der Waals surface area (Å²) >= 11 is 0. The van der Waals surface area contributed by atoms with Crippen molar-refractivity contribution in [2.75, 3.05) is 7.05 Å². The summed E-state index contributed by atoms with van der Waals surface area (Å²) < 4.78 is 7.99. The molecule has 1 aliphatic carbocycles. The van der Waals surface area contributed by atoms with Crippen molar-refractivity contribution >= 4 is 0 Å². The second-order valence-corrected chi connectivity index (χ2v) is 5.60. The highest BCUT2D eigenvalue weighted by Crippen LogP contribution is 2.36. The van der Waals surface area contributed by atoms with Crippen molar-refractivity contribution in [2.45, 2.75) is 38.8 Å². The van der Waals surface area contributed by atoms with Crippen LogP contribution in [-0.2, 0) is 26.5 Å². The molecule has 1 heterocycles. The number of benzene rings is 1. The SMILES string of the molecule is CCc1cc(COc2cccc3c2CCC3NC)n(C)n1. The van der Waals surface area contributed by atoms with Gasteiger partial charge in [-0.05, 0) is 49.6 Å². The van der Waals surface area contributed by atoms with E-state index in [4.69, 9.17) is 4.74 Å². The lowest BCUT2D eigenvalue weighted by Crippen LogP contribution is -2.12. The van der Waals surface area contributed by atoms with Crippen molar-refractivity contribution in [2.24, 2.45) is 7.05 Å². The first kappa shape index (κ1) is 14.1. The van der Waals surface area contributed by atoms with Crippen LogP contribution in [0.5, 0.6) is 5.75 Å². The fourth-order valence-electron chi connectivity index (χ4n) is 3.09. The molecule has 0 fully saturated rings. The second-order valence-electron chi connectivity index (χ2n) is 5.60. The summed E-state index contributed by atoms with van der Waals surface area (Å²) in [5, 5.41) is 7.84. The van der Waals surface area contributed by atoms with Crippen molar-refractivity contribution in [3.63, 3.8) is 0 Å². The van der Waals surface area contributed by atoms with Crippen molar-refractivity contribution < 1.29 is 4.74 Å². The predicted octanol–water partition coefficient (Wildman–Crippen LogP) is 2.77. The van der Waals surface area contributed by atoms with Crippen LogP contribution in [0.4, 0.5) is 0 Å². The van der Waals surface area contributed by atoms with Gasteiger partial charge in [-0.3, -0.25) is 4.68 Å². The van der Waals surface area contributed by atoms with E-state index in [0.29, 0.717) is 12.6 Å². The molecule has 4 nitrogen and oxygen atoms in total. The number of rotatable bonds is 5. The summed E-state index contributed by atoms with van der Waals surface area (Å²) in [6, 6.07) is 8.96. The first-order valence-electron chi connectivity index (χ1n) is 7.66. The molecule has 1 atom stereocenters. The number of hydrogen-bond acceptors (Lipinski definition) is 3. The lowest BCUT2D eigenvalue weighted by Gasteiger charge is -2.13. The molecule has 4 heteroatoms. The third-order valence-electron chi connectivity index (χ3n) is 4.34. The Labute approximate surface area is 126 Å². The minimum absolute atomic E-state index is 0.465. The summed E-state index contributed by atoms with van der Waals surface area (Å²) in [5.41, 5.74) is 4.97. The van der Waals surface area contributed by atoms with E-state index in [1.54, 1.807) is 0 Å². The Morgan fingerprint density at radius 2 is 2.29 bits per heavy atom. The van der Waals surface area contributed by atoms with Crippen LogP contribution >= 0.6 is 0 Å². The van der Waals surface area contributed by atoms with Gasteiger partial charge in [-0.25, -0.2) is 0 Å². The Kier molecular flexibility index (Phi) is 3.97. The van der Waals surface area contributed by atoms with E-state index in [-0.39, 0.29) is 0 Å². The van der Waals surface area contributed by atoms with E-state index < -0.39 is 0 Å². The van der Waals surface area contributed by atoms with Crippen molar-refractivity contribution in [3.05, 3.63) is 46.8 Å². The van der Waals surface area contributed by atoms with E-state index in [2.05, 4.69) is 41.6 Å². The van der Waals surface area contributed by atoms with Gasteiger partial charge in [-0.15, -0.1) is 0 Å². The average Bonchev–Trinajstić information content (AvgIpc) is 3.08. The number of aryl methyl sites for hydroxylation is 2. The molecule has 0 spiro atoms. The fraction of sp³-hybridized carbons (Fsp3) is 0.471. The summed E-state index contributed by atoms with van der Waals surface area (Å²) in [6.07, 6.45) is 3.19. The van der Waals surface area contributed by atoms with Crippen LogP contribution in [0.2, 0.25) is 0 Å². The number of nitrogens with one attached hydrogen (secondary N) is 1. The quantitative estimate of drug-likeness (QED) is 0.918. The average molecular weight is 285 g/mol. The van der Waals surface area contributed by atoms with Crippen LogP contribution < -0.4 is 10.1 Å². The van der Waals surface area contributed by atoms with Gasteiger partial charge in [0.05, 0.1) is 11.4 Å². The molecule has 0 radical (unpaired) electrons. The standard InChI is InChI=1S/C17H23N3O/c1-4-12-10-13(20(3)19-12)11-21-17-7-5-6-14-15(17)8-9-16(14)18-2/h5-7,10,16,18H,4,8-9,11H2,1-3H3. The topological polar surface area (TPSA) is 39.1 Å². The van der Waals surface area contributed by atoms with E-state index in [9.17, 15) is 0 Å². The van der Waals surface area contributed by atoms with Crippen molar-refractivity contribution in [1.82, 2.24) is 15.1 Å². The number of ether oxygens (including phenoxy) is 1. The van der Waals surface area contributed by atoms with Crippen LogP contribution in [0.25, 0.3) is 0 Å². The highest BCUT2D eigenvalue weighted by molar-refractivity contribution is 5.45. The van der Waals surface area contributed by atoms with E-state index in [0.717, 1.165) is 36.4 Å². The molecule has 1 aromatic heterocycles. The van der Waals surface area contributed by atoms with E-state index >= 15 is 0 Å². The zero-order chi connectivity index (χ0) is 14.8. The Hall–Kier alpha value is -1.81. The maximum absolute atomic E-state index is 6.08. The zero-order valence-electron chi connectivity index (χ0n) is 13.0. The molecule has 1 N–H and O–H groups in total. The highest BCUT2D eigenvalue weighted by atomic mass is 16.5. The lowest BCUT2D eigenvalue weighted by molar-refractivity contribution is 0.292. The third-order valence-corrected chi connectivity index (χ3v) is 4.34. The van der Waals surface area contributed by atoms with Gasteiger partial charge in [0.2, 0.25) is 0 Å². The first-order chi connectivity index (χ1) is 10.2. The Balaban J connectivity index is 1.77. The number of aromatic nitrogens is 2.